The third-order valence-corrected chi connectivity index (χ3v) is 5.49. The summed E-state index contributed by atoms with van der Waals surface area (Å²) in [6.45, 7) is 2.20. The lowest BCUT2D eigenvalue weighted by Gasteiger charge is -2.07. The predicted molar refractivity (Wildman–Crippen MR) is 96.3 cm³/mol. The van der Waals surface area contributed by atoms with Crippen LogP contribution in [-0.4, -0.2) is 23.1 Å². The van der Waals surface area contributed by atoms with Gasteiger partial charge in [-0.05, 0) is 31.2 Å². The van der Waals surface area contributed by atoms with Crippen molar-refractivity contribution in [2.45, 2.75) is 18.4 Å². The second kappa shape index (κ2) is 6.75. The average Bonchev–Trinajstić information content (AvgIpc) is 2.93. The summed E-state index contributed by atoms with van der Waals surface area (Å²) in [7, 11) is -4.35. The number of benzene rings is 2. The third kappa shape index (κ3) is 3.33. The highest BCUT2D eigenvalue weighted by Crippen LogP contribution is 2.32. The molecule has 0 N–H and O–H groups in total. The molecule has 0 saturated heterocycles. The summed E-state index contributed by atoms with van der Waals surface area (Å²) in [5.74, 6) is -0.276. The number of fused-ring (bicyclic) bond motifs is 1. The molecule has 3 rings (SSSR count). The lowest BCUT2D eigenvalue weighted by Crippen LogP contribution is -2.11. The summed E-state index contributed by atoms with van der Waals surface area (Å²) in [6.07, 6.45) is 0. The van der Waals surface area contributed by atoms with Crippen LogP contribution in [0.15, 0.2) is 41.3 Å². The first-order valence-corrected chi connectivity index (χ1v) is 9.44. The van der Waals surface area contributed by atoms with Crippen LogP contribution in [0.2, 0.25) is 10.0 Å². The van der Waals surface area contributed by atoms with Gasteiger partial charge in [-0.2, -0.15) is 8.42 Å². The van der Waals surface area contributed by atoms with E-state index in [9.17, 15) is 18.5 Å². The second-order valence-corrected chi connectivity index (χ2v) is 7.55. The number of aromatic nitrogens is 2. The van der Waals surface area contributed by atoms with Gasteiger partial charge in [0.25, 0.3) is 11.6 Å². The van der Waals surface area contributed by atoms with E-state index >= 15 is 0 Å². The van der Waals surface area contributed by atoms with E-state index in [4.69, 9.17) is 27.4 Å². The number of nitrogens with zero attached hydrogens (tertiary/aromatic N) is 3. The van der Waals surface area contributed by atoms with Gasteiger partial charge >= 0.3 is 10.1 Å². The maximum absolute atomic E-state index is 12.6. The van der Waals surface area contributed by atoms with E-state index < -0.39 is 15.0 Å². The van der Waals surface area contributed by atoms with Gasteiger partial charge in [0.15, 0.2) is 0 Å². The summed E-state index contributed by atoms with van der Waals surface area (Å²) >= 11 is 11.8. The van der Waals surface area contributed by atoms with Gasteiger partial charge in [0, 0.05) is 23.7 Å². The molecule has 2 aromatic carbocycles. The van der Waals surface area contributed by atoms with Crippen LogP contribution in [0.4, 0.5) is 5.69 Å². The summed E-state index contributed by atoms with van der Waals surface area (Å²) in [4.78, 5) is 10.1. The lowest BCUT2D eigenvalue weighted by atomic mass is 10.2. The number of aryl methyl sites for hydroxylation is 1. The minimum absolute atomic E-state index is 0.0698. The van der Waals surface area contributed by atoms with Gasteiger partial charge in [-0.3, -0.25) is 14.8 Å². The molecule has 0 aliphatic rings. The van der Waals surface area contributed by atoms with Gasteiger partial charge in [-0.25, -0.2) is 0 Å². The zero-order valence-electron chi connectivity index (χ0n) is 13.2. The Labute approximate surface area is 158 Å². The van der Waals surface area contributed by atoms with E-state index in [2.05, 4.69) is 5.10 Å². The molecule has 0 amide bonds. The number of rotatable bonds is 5. The molecule has 26 heavy (non-hydrogen) atoms. The highest BCUT2D eigenvalue weighted by atomic mass is 35.5. The minimum atomic E-state index is -4.35. The first-order valence-electron chi connectivity index (χ1n) is 7.27. The molecule has 0 atom stereocenters. The number of non-ortho nitro benzene ring substituents is 1. The molecule has 11 heteroatoms. The summed E-state index contributed by atoms with van der Waals surface area (Å²) < 4.78 is 31.8. The lowest BCUT2D eigenvalue weighted by molar-refractivity contribution is -0.384. The monoisotopic (exact) mass is 415 g/mol. The van der Waals surface area contributed by atoms with Crippen molar-refractivity contribution < 1.29 is 17.5 Å². The zero-order valence-corrected chi connectivity index (χ0v) is 15.5. The fourth-order valence-electron chi connectivity index (χ4n) is 2.37. The summed E-state index contributed by atoms with van der Waals surface area (Å²) in [6, 6.07) is 7.92. The van der Waals surface area contributed by atoms with Gasteiger partial charge in [0.2, 0.25) is 0 Å². The first kappa shape index (κ1) is 18.4. The Morgan fingerprint density at radius 2 is 1.96 bits per heavy atom. The van der Waals surface area contributed by atoms with Crippen molar-refractivity contribution in [2.24, 2.45) is 0 Å². The van der Waals surface area contributed by atoms with E-state index in [0.717, 1.165) is 6.07 Å². The zero-order chi connectivity index (χ0) is 19.1. The molecule has 1 heterocycles. The van der Waals surface area contributed by atoms with Crippen molar-refractivity contribution in [2.75, 3.05) is 0 Å². The number of nitro groups is 1. The molecule has 8 nitrogen and oxygen atoms in total. The van der Waals surface area contributed by atoms with Crippen LogP contribution in [0.1, 0.15) is 6.92 Å². The Balaban J connectivity index is 2.14. The molecule has 0 radical (unpaired) electrons. The Morgan fingerprint density at radius 3 is 2.62 bits per heavy atom. The van der Waals surface area contributed by atoms with Crippen LogP contribution < -0.4 is 4.18 Å². The third-order valence-electron chi connectivity index (χ3n) is 3.56. The SMILES string of the molecule is CCn1nc(OS(=O)(=O)c2cc(Cl)ccc2Cl)c2cc([N+](=O)[O-])ccc21. The molecule has 1 aromatic heterocycles. The molecule has 0 spiro atoms. The maximum Gasteiger partial charge on any atom is 0.342 e. The van der Waals surface area contributed by atoms with E-state index in [1.807, 2.05) is 0 Å². The van der Waals surface area contributed by atoms with Crippen LogP contribution >= 0.6 is 23.2 Å². The van der Waals surface area contributed by atoms with Crippen LogP contribution in [0.25, 0.3) is 10.9 Å². The molecule has 136 valence electrons. The normalized spacial score (nSPS) is 11.7. The maximum atomic E-state index is 12.6. The van der Waals surface area contributed by atoms with Crippen molar-refractivity contribution in [1.29, 1.82) is 0 Å². The molecule has 0 aliphatic heterocycles. The number of nitro benzene ring substituents is 1. The first-order chi connectivity index (χ1) is 12.2. The van der Waals surface area contributed by atoms with E-state index in [1.165, 1.54) is 35.0 Å². The van der Waals surface area contributed by atoms with Crippen molar-refractivity contribution in [1.82, 2.24) is 9.78 Å². The Kier molecular flexibility index (Phi) is 4.78. The van der Waals surface area contributed by atoms with Gasteiger partial charge in [-0.1, -0.05) is 23.2 Å². The van der Waals surface area contributed by atoms with Crippen LogP contribution in [0.3, 0.4) is 0 Å². The van der Waals surface area contributed by atoms with Crippen molar-refractivity contribution in [3.05, 3.63) is 56.6 Å². The predicted octanol–water partition coefficient (Wildman–Crippen LogP) is 4.04. The topological polar surface area (TPSA) is 104 Å². The molecule has 0 fully saturated rings. The van der Waals surface area contributed by atoms with Gasteiger partial charge in [-0.15, -0.1) is 5.10 Å². The highest BCUT2D eigenvalue weighted by molar-refractivity contribution is 7.87. The van der Waals surface area contributed by atoms with Gasteiger partial charge in [0.1, 0.15) is 4.90 Å². The second-order valence-electron chi connectivity index (χ2n) is 5.19. The van der Waals surface area contributed by atoms with Crippen molar-refractivity contribution >= 4 is 49.9 Å². The standard InChI is InChI=1S/C15H11Cl2N3O5S/c1-2-19-13-6-4-10(20(21)22)8-11(13)15(18-19)25-26(23,24)14-7-9(16)3-5-12(14)17/h3-8H,2H2,1H3. The number of hydrogen-bond donors (Lipinski definition) is 0. The van der Waals surface area contributed by atoms with Crippen molar-refractivity contribution in [3.63, 3.8) is 0 Å². The fourth-order valence-corrected chi connectivity index (χ4v) is 4.01. The van der Waals surface area contributed by atoms with E-state index in [-0.39, 0.29) is 31.9 Å². The summed E-state index contributed by atoms with van der Waals surface area (Å²) in [5, 5.41) is 15.4. The minimum Gasteiger partial charge on any atom is -0.356 e. The molecule has 3 aromatic rings. The number of halogens is 2. The van der Waals surface area contributed by atoms with Crippen LogP contribution in [0.5, 0.6) is 5.88 Å². The van der Waals surface area contributed by atoms with Crippen molar-refractivity contribution in [3.8, 4) is 5.88 Å². The average molecular weight is 416 g/mol. The molecule has 0 bridgehead atoms. The van der Waals surface area contributed by atoms with E-state index in [0.29, 0.717) is 12.1 Å². The summed E-state index contributed by atoms with van der Waals surface area (Å²) in [5.41, 5.74) is 0.289. The van der Waals surface area contributed by atoms with Gasteiger partial charge < -0.3 is 4.18 Å². The Hall–Kier alpha value is -2.36. The van der Waals surface area contributed by atoms with Crippen LogP contribution in [0, 0.1) is 10.1 Å². The Morgan fingerprint density at radius 1 is 1.23 bits per heavy atom. The Bertz CT molecular complexity index is 1130. The van der Waals surface area contributed by atoms with E-state index in [1.54, 1.807) is 6.92 Å². The smallest absolute Gasteiger partial charge is 0.342 e. The quantitative estimate of drug-likeness (QED) is 0.353. The van der Waals surface area contributed by atoms with Crippen LogP contribution in [-0.2, 0) is 16.7 Å². The molecular formula is C15H11Cl2N3O5S. The largest absolute Gasteiger partial charge is 0.356 e. The molecule has 0 aliphatic carbocycles. The number of hydrogen-bond acceptors (Lipinski definition) is 6. The molecule has 0 unspecified atom stereocenters. The fraction of sp³-hybridized carbons (Fsp3) is 0.133. The molecular weight excluding hydrogens is 405 g/mol. The molecule has 0 saturated carbocycles. The van der Waals surface area contributed by atoms with Gasteiger partial charge in [0.05, 0.1) is 20.8 Å². The highest BCUT2D eigenvalue weighted by Gasteiger charge is 2.25.